The molecule has 1 N–H and O–H groups in total. The molecular weight excluding hydrogens is 288 g/mol. The number of benzene rings is 1. The third-order valence-electron chi connectivity index (χ3n) is 4.14. The molecule has 21 heavy (non-hydrogen) atoms. The Hall–Kier alpha value is -1.40. The second-order valence-electron chi connectivity index (χ2n) is 5.96. The second-order valence-corrected chi connectivity index (χ2v) is 7.71. The zero-order valence-corrected chi connectivity index (χ0v) is 12.9. The number of hydrogen-bond donors (Lipinski definition) is 1. The standard InChI is InChI=1S/C15H20N2O3S/c1-11-6-8-12(9-7-11)17-21(18,19)10-14-13-4-2-3-5-15(13)20-16-14/h2-5,11-12,17H,6-10H2,1H3. The van der Waals surface area contributed by atoms with Gasteiger partial charge in [0.25, 0.3) is 0 Å². The van der Waals surface area contributed by atoms with Crippen molar-refractivity contribution in [3.8, 4) is 0 Å². The molecular formula is C15H20N2O3S. The maximum atomic E-state index is 12.3. The molecule has 0 unspecified atom stereocenters. The van der Waals surface area contributed by atoms with Gasteiger partial charge in [-0.05, 0) is 43.7 Å². The number of sulfonamides is 1. The minimum Gasteiger partial charge on any atom is -0.356 e. The number of hydrogen-bond acceptors (Lipinski definition) is 4. The SMILES string of the molecule is CC1CCC(NS(=O)(=O)Cc2noc3ccccc23)CC1. The summed E-state index contributed by atoms with van der Waals surface area (Å²) in [6.45, 7) is 2.21. The van der Waals surface area contributed by atoms with Crippen LogP contribution >= 0.6 is 0 Å². The van der Waals surface area contributed by atoms with Gasteiger partial charge in [0, 0.05) is 11.4 Å². The van der Waals surface area contributed by atoms with Crippen molar-refractivity contribution in [2.45, 2.75) is 44.4 Å². The molecule has 1 fully saturated rings. The van der Waals surface area contributed by atoms with E-state index >= 15 is 0 Å². The summed E-state index contributed by atoms with van der Waals surface area (Å²) in [6.07, 6.45) is 4.00. The molecule has 1 aliphatic carbocycles. The summed E-state index contributed by atoms with van der Waals surface area (Å²) in [4.78, 5) is 0. The topological polar surface area (TPSA) is 72.2 Å². The first-order chi connectivity index (χ1) is 10.0. The fraction of sp³-hybridized carbons (Fsp3) is 0.533. The number of rotatable bonds is 4. The second kappa shape index (κ2) is 5.77. The van der Waals surface area contributed by atoms with Crippen LogP contribution in [0.4, 0.5) is 0 Å². The van der Waals surface area contributed by atoms with E-state index in [0.717, 1.165) is 31.1 Å². The molecule has 1 saturated carbocycles. The molecule has 3 rings (SSSR count). The van der Waals surface area contributed by atoms with Crippen LogP contribution in [0.2, 0.25) is 0 Å². The molecule has 0 amide bonds. The largest absolute Gasteiger partial charge is 0.356 e. The lowest BCUT2D eigenvalue weighted by atomic mass is 9.88. The van der Waals surface area contributed by atoms with E-state index in [4.69, 9.17) is 4.52 Å². The van der Waals surface area contributed by atoms with E-state index in [0.29, 0.717) is 17.2 Å². The highest BCUT2D eigenvalue weighted by Crippen LogP contribution is 2.25. The van der Waals surface area contributed by atoms with E-state index in [-0.39, 0.29) is 11.8 Å². The Labute approximate surface area is 124 Å². The molecule has 1 heterocycles. The van der Waals surface area contributed by atoms with Gasteiger partial charge in [-0.15, -0.1) is 0 Å². The zero-order chi connectivity index (χ0) is 14.9. The molecule has 6 heteroatoms. The smallest absolute Gasteiger partial charge is 0.217 e. The van der Waals surface area contributed by atoms with Gasteiger partial charge in [0.2, 0.25) is 10.0 Å². The Balaban J connectivity index is 1.71. The molecule has 1 aromatic carbocycles. The number of para-hydroxylation sites is 1. The van der Waals surface area contributed by atoms with Crippen molar-refractivity contribution in [1.29, 1.82) is 0 Å². The molecule has 0 aliphatic heterocycles. The summed E-state index contributed by atoms with van der Waals surface area (Å²) in [5.74, 6) is 0.570. The van der Waals surface area contributed by atoms with Crippen LogP contribution in [-0.2, 0) is 15.8 Å². The molecule has 1 aromatic heterocycles. The van der Waals surface area contributed by atoms with Crippen molar-refractivity contribution in [1.82, 2.24) is 9.88 Å². The van der Waals surface area contributed by atoms with Gasteiger partial charge in [-0.1, -0.05) is 24.2 Å². The maximum absolute atomic E-state index is 12.3. The average molecular weight is 308 g/mol. The quantitative estimate of drug-likeness (QED) is 0.942. The number of fused-ring (bicyclic) bond motifs is 1. The minimum absolute atomic E-state index is 0.0596. The van der Waals surface area contributed by atoms with Crippen molar-refractivity contribution >= 4 is 21.0 Å². The van der Waals surface area contributed by atoms with Crippen molar-refractivity contribution in [3.05, 3.63) is 30.0 Å². The Morgan fingerprint density at radius 3 is 2.71 bits per heavy atom. The Morgan fingerprint density at radius 1 is 1.24 bits per heavy atom. The minimum atomic E-state index is -3.39. The lowest BCUT2D eigenvalue weighted by Crippen LogP contribution is -2.38. The Kier molecular flexibility index (Phi) is 3.99. The lowest BCUT2D eigenvalue weighted by Gasteiger charge is -2.26. The summed E-state index contributed by atoms with van der Waals surface area (Å²) < 4.78 is 32.6. The van der Waals surface area contributed by atoms with Crippen LogP contribution in [0.3, 0.4) is 0 Å². The molecule has 0 spiro atoms. The van der Waals surface area contributed by atoms with Crippen molar-refractivity contribution in [2.24, 2.45) is 5.92 Å². The van der Waals surface area contributed by atoms with Gasteiger partial charge < -0.3 is 4.52 Å². The molecule has 5 nitrogen and oxygen atoms in total. The van der Waals surface area contributed by atoms with E-state index in [1.165, 1.54) is 0 Å². The summed E-state index contributed by atoms with van der Waals surface area (Å²) in [5, 5.41) is 4.66. The average Bonchev–Trinajstić information content (AvgIpc) is 2.84. The molecule has 0 radical (unpaired) electrons. The maximum Gasteiger partial charge on any atom is 0.217 e. The predicted octanol–water partition coefficient (Wildman–Crippen LogP) is 2.83. The van der Waals surface area contributed by atoms with Crippen LogP contribution in [0.5, 0.6) is 0 Å². The molecule has 0 bridgehead atoms. The fourth-order valence-corrected chi connectivity index (χ4v) is 4.29. The first-order valence-corrected chi connectivity index (χ1v) is 9.02. The van der Waals surface area contributed by atoms with Gasteiger partial charge >= 0.3 is 0 Å². The van der Waals surface area contributed by atoms with Crippen LogP contribution in [-0.4, -0.2) is 19.6 Å². The lowest BCUT2D eigenvalue weighted by molar-refractivity contribution is 0.332. The summed E-state index contributed by atoms with van der Waals surface area (Å²) in [7, 11) is -3.39. The van der Waals surface area contributed by atoms with Crippen molar-refractivity contribution < 1.29 is 12.9 Å². The van der Waals surface area contributed by atoms with E-state index in [1.807, 2.05) is 18.2 Å². The van der Waals surface area contributed by atoms with Crippen LogP contribution in [0, 0.1) is 5.92 Å². The Bertz CT molecular complexity index is 715. The summed E-state index contributed by atoms with van der Waals surface area (Å²) in [5.41, 5.74) is 1.09. The first-order valence-electron chi connectivity index (χ1n) is 7.37. The van der Waals surface area contributed by atoms with Crippen molar-refractivity contribution in [2.75, 3.05) is 0 Å². The zero-order valence-electron chi connectivity index (χ0n) is 12.1. The van der Waals surface area contributed by atoms with Crippen molar-refractivity contribution in [3.63, 3.8) is 0 Å². The van der Waals surface area contributed by atoms with Gasteiger partial charge in [-0.2, -0.15) is 0 Å². The third kappa shape index (κ3) is 3.44. The fourth-order valence-electron chi connectivity index (χ4n) is 2.90. The van der Waals surface area contributed by atoms with Gasteiger partial charge in [0.15, 0.2) is 5.58 Å². The van der Waals surface area contributed by atoms with Gasteiger partial charge in [-0.25, -0.2) is 13.1 Å². The normalized spacial score (nSPS) is 23.5. The molecule has 0 saturated heterocycles. The van der Waals surface area contributed by atoms with Crippen LogP contribution in [0.1, 0.15) is 38.3 Å². The van der Waals surface area contributed by atoms with Crippen LogP contribution < -0.4 is 4.72 Å². The van der Waals surface area contributed by atoms with Crippen LogP contribution in [0.15, 0.2) is 28.8 Å². The van der Waals surface area contributed by atoms with E-state index < -0.39 is 10.0 Å². The Morgan fingerprint density at radius 2 is 1.95 bits per heavy atom. The molecule has 0 atom stereocenters. The van der Waals surface area contributed by atoms with E-state index in [9.17, 15) is 8.42 Å². The molecule has 114 valence electrons. The summed E-state index contributed by atoms with van der Waals surface area (Å²) in [6, 6.07) is 7.37. The molecule has 2 aromatic rings. The third-order valence-corrected chi connectivity index (χ3v) is 5.49. The van der Waals surface area contributed by atoms with Gasteiger partial charge in [0.1, 0.15) is 11.4 Å². The predicted molar refractivity (Wildman–Crippen MR) is 81.2 cm³/mol. The summed E-state index contributed by atoms with van der Waals surface area (Å²) >= 11 is 0. The van der Waals surface area contributed by atoms with Gasteiger partial charge in [0.05, 0.1) is 0 Å². The number of aromatic nitrogens is 1. The van der Waals surface area contributed by atoms with E-state index in [1.54, 1.807) is 6.07 Å². The molecule has 1 aliphatic rings. The van der Waals surface area contributed by atoms with E-state index in [2.05, 4.69) is 16.8 Å². The highest BCUT2D eigenvalue weighted by Gasteiger charge is 2.24. The highest BCUT2D eigenvalue weighted by atomic mass is 32.2. The van der Waals surface area contributed by atoms with Gasteiger partial charge in [-0.3, -0.25) is 0 Å². The monoisotopic (exact) mass is 308 g/mol. The number of nitrogens with zero attached hydrogens (tertiary/aromatic N) is 1. The first kappa shape index (κ1) is 14.5. The van der Waals surface area contributed by atoms with Crippen LogP contribution in [0.25, 0.3) is 11.0 Å². The number of nitrogens with one attached hydrogen (secondary N) is 1. The highest BCUT2D eigenvalue weighted by molar-refractivity contribution is 7.88.